The molecule has 0 radical (unpaired) electrons. The highest BCUT2D eigenvalue weighted by Crippen LogP contribution is 2.39. The van der Waals surface area contributed by atoms with Gasteiger partial charge in [0, 0.05) is 47.8 Å². The Bertz CT molecular complexity index is 1630. The number of nitrogens with one attached hydrogen (secondary N) is 2. The van der Waals surface area contributed by atoms with Crippen LogP contribution in [0.25, 0.3) is 16.5 Å². The second-order valence-electron chi connectivity index (χ2n) is 9.42. The number of thiocarbonyl (C=S) groups is 1. The molecule has 0 aliphatic carbocycles. The molecule has 1 amide bonds. The zero-order valence-electron chi connectivity index (χ0n) is 21.0. The van der Waals surface area contributed by atoms with Gasteiger partial charge in [0.1, 0.15) is 5.82 Å². The topological polar surface area (TPSA) is 62.2 Å². The first-order chi connectivity index (χ1) is 19.1. The van der Waals surface area contributed by atoms with Crippen molar-refractivity contribution < 1.29 is 9.18 Å². The molecular weight excluding hydrogens is 509 g/mol. The van der Waals surface area contributed by atoms with Gasteiger partial charge in [0.2, 0.25) is 5.91 Å². The van der Waals surface area contributed by atoms with Crippen molar-refractivity contribution in [2.24, 2.45) is 0 Å². The van der Waals surface area contributed by atoms with Gasteiger partial charge in [-0.3, -0.25) is 9.78 Å². The Balaban J connectivity index is 1.29. The van der Waals surface area contributed by atoms with E-state index < -0.39 is 0 Å². The molecule has 5 aromatic rings. The molecule has 1 aliphatic heterocycles. The number of hydrogen-bond donors (Lipinski definition) is 2. The Hall–Kier alpha value is -4.56. The summed E-state index contributed by atoms with van der Waals surface area (Å²) in [5.41, 5.74) is 3.43. The van der Waals surface area contributed by atoms with Crippen LogP contribution in [0.4, 0.5) is 10.1 Å². The predicted octanol–water partition coefficient (Wildman–Crippen LogP) is 6.17. The van der Waals surface area contributed by atoms with E-state index in [2.05, 4.69) is 15.6 Å². The quantitative estimate of drug-likeness (QED) is 0.244. The third-order valence-corrected chi connectivity index (χ3v) is 7.38. The fraction of sp³-hybridized carbons (Fsp3) is 0.129. The lowest BCUT2D eigenvalue weighted by molar-refractivity contribution is -0.116. The maximum Gasteiger partial charge on any atom is 0.226 e. The molecule has 2 aromatic heterocycles. The normalized spacial score (nSPS) is 16.8. The number of anilines is 1. The average molecular weight is 536 g/mol. The first kappa shape index (κ1) is 24.8. The van der Waals surface area contributed by atoms with Crippen LogP contribution in [0.5, 0.6) is 0 Å². The molecule has 8 heteroatoms. The molecule has 1 saturated heterocycles. The third kappa shape index (κ3) is 4.98. The van der Waals surface area contributed by atoms with Crippen molar-refractivity contribution in [1.29, 1.82) is 0 Å². The Morgan fingerprint density at radius 3 is 2.56 bits per heavy atom. The molecule has 39 heavy (non-hydrogen) atoms. The van der Waals surface area contributed by atoms with Crippen LogP contribution >= 0.6 is 12.2 Å². The zero-order chi connectivity index (χ0) is 26.8. The summed E-state index contributed by atoms with van der Waals surface area (Å²) in [6.07, 6.45) is 3.95. The van der Waals surface area contributed by atoms with Gasteiger partial charge in [-0.15, -0.1) is 0 Å². The number of rotatable bonds is 7. The van der Waals surface area contributed by atoms with Gasteiger partial charge in [-0.05, 0) is 72.2 Å². The lowest BCUT2D eigenvalue weighted by Gasteiger charge is -2.29. The van der Waals surface area contributed by atoms with E-state index in [1.807, 2.05) is 88.5 Å². The lowest BCUT2D eigenvalue weighted by atomic mass is 10.0. The summed E-state index contributed by atoms with van der Waals surface area (Å²) in [5, 5.41) is 9.13. The van der Waals surface area contributed by atoms with Crippen molar-refractivity contribution in [1.82, 2.24) is 19.8 Å². The molecule has 0 bridgehead atoms. The molecule has 6 nitrogen and oxygen atoms in total. The number of aromatic nitrogens is 2. The monoisotopic (exact) mass is 535 g/mol. The van der Waals surface area contributed by atoms with Crippen LogP contribution in [-0.2, 0) is 4.79 Å². The summed E-state index contributed by atoms with van der Waals surface area (Å²) in [7, 11) is 0. The average Bonchev–Trinajstić information content (AvgIpc) is 3.57. The molecule has 6 rings (SSSR count). The number of hydrogen-bond acceptors (Lipinski definition) is 3. The second-order valence-corrected chi connectivity index (χ2v) is 9.81. The van der Waals surface area contributed by atoms with E-state index in [0.29, 0.717) is 11.7 Å². The van der Waals surface area contributed by atoms with E-state index in [1.54, 1.807) is 18.3 Å². The number of amides is 1. The van der Waals surface area contributed by atoms with E-state index in [-0.39, 0.29) is 30.2 Å². The van der Waals surface area contributed by atoms with Crippen molar-refractivity contribution in [3.63, 3.8) is 0 Å². The number of carbonyl (C=O) groups excluding carboxylic acids is 1. The van der Waals surface area contributed by atoms with Crippen LogP contribution in [0.3, 0.4) is 0 Å². The summed E-state index contributed by atoms with van der Waals surface area (Å²) in [5.74, 6) is -0.385. The number of benzene rings is 3. The van der Waals surface area contributed by atoms with Crippen molar-refractivity contribution in [2.75, 3.05) is 11.9 Å². The van der Waals surface area contributed by atoms with Gasteiger partial charge in [0.25, 0.3) is 0 Å². The molecule has 3 aromatic carbocycles. The van der Waals surface area contributed by atoms with Crippen molar-refractivity contribution in [3.8, 4) is 5.69 Å². The second kappa shape index (κ2) is 10.7. The Morgan fingerprint density at radius 1 is 0.949 bits per heavy atom. The molecule has 0 spiro atoms. The Labute approximate surface area is 231 Å². The highest BCUT2D eigenvalue weighted by molar-refractivity contribution is 7.80. The third-order valence-electron chi connectivity index (χ3n) is 7.03. The molecule has 1 aliphatic rings. The zero-order valence-corrected chi connectivity index (χ0v) is 21.8. The van der Waals surface area contributed by atoms with Crippen molar-refractivity contribution in [2.45, 2.75) is 18.5 Å². The lowest BCUT2D eigenvalue weighted by Crippen LogP contribution is -2.33. The van der Waals surface area contributed by atoms with E-state index in [1.165, 1.54) is 12.1 Å². The van der Waals surface area contributed by atoms with Crippen LogP contribution in [0.15, 0.2) is 109 Å². The van der Waals surface area contributed by atoms with Crippen LogP contribution < -0.4 is 10.6 Å². The number of halogens is 1. The van der Waals surface area contributed by atoms with Gasteiger partial charge in [0.05, 0.1) is 17.8 Å². The fourth-order valence-electron chi connectivity index (χ4n) is 5.21. The van der Waals surface area contributed by atoms with E-state index in [0.717, 1.165) is 33.5 Å². The minimum absolute atomic E-state index is 0.0943. The van der Waals surface area contributed by atoms with Crippen molar-refractivity contribution >= 4 is 39.7 Å². The number of carbonyl (C=O) groups is 1. The first-order valence-electron chi connectivity index (χ1n) is 12.8. The summed E-state index contributed by atoms with van der Waals surface area (Å²) < 4.78 is 15.7. The SMILES string of the molecule is O=C(CCN1C(=S)N[C@H](c2ccccn2)[C@H]1c1cccn1-c1ccc(F)cc1)Nc1cccc2ccccc12. The van der Waals surface area contributed by atoms with Gasteiger partial charge in [-0.2, -0.15) is 0 Å². The Kier molecular flexibility index (Phi) is 6.77. The maximum absolute atomic E-state index is 13.7. The standard InChI is InChI=1S/C31H26FN5OS/c32-22-13-15-23(16-14-22)36-19-6-12-27(36)30-29(26-10-3-4-18-33-26)35-31(39)37(30)20-17-28(38)34-25-11-5-8-21-7-1-2-9-24(21)25/h1-16,18-19,29-30H,17,20H2,(H,34,38)(H,35,39)/t29-,30-/m1/s1. The smallest absolute Gasteiger partial charge is 0.226 e. The van der Waals surface area contributed by atoms with Crippen molar-refractivity contribution in [3.05, 3.63) is 127 Å². The first-order valence-corrected chi connectivity index (χ1v) is 13.2. The van der Waals surface area contributed by atoms with E-state index in [4.69, 9.17) is 12.2 Å². The molecular formula is C31H26FN5OS. The summed E-state index contributed by atoms with van der Waals surface area (Å²) >= 11 is 5.79. The number of fused-ring (bicyclic) bond motifs is 1. The molecule has 2 N–H and O–H groups in total. The highest BCUT2D eigenvalue weighted by Gasteiger charge is 2.41. The van der Waals surface area contributed by atoms with Crippen LogP contribution in [0.1, 0.15) is 29.9 Å². The van der Waals surface area contributed by atoms with Crippen LogP contribution in [-0.4, -0.2) is 32.0 Å². The van der Waals surface area contributed by atoms with E-state index >= 15 is 0 Å². The summed E-state index contributed by atoms with van der Waals surface area (Å²) in [6.45, 7) is 0.408. The van der Waals surface area contributed by atoms with Crippen LogP contribution in [0.2, 0.25) is 0 Å². The van der Waals surface area contributed by atoms with Crippen LogP contribution in [0, 0.1) is 5.82 Å². The number of nitrogens with zero attached hydrogens (tertiary/aromatic N) is 3. The molecule has 0 unspecified atom stereocenters. The Morgan fingerprint density at radius 2 is 1.74 bits per heavy atom. The van der Waals surface area contributed by atoms with Gasteiger partial charge in [-0.1, -0.05) is 42.5 Å². The minimum atomic E-state index is -0.290. The maximum atomic E-state index is 13.7. The van der Waals surface area contributed by atoms with Gasteiger partial charge < -0.3 is 20.1 Å². The molecule has 194 valence electrons. The molecule has 3 heterocycles. The summed E-state index contributed by atoms with van der Waals surface area (Å²) in [4.78, 5) is 19.8. The summed E-state index contributed by atoms with van der Waals surface area (Å²) in [6, 6.07) is 29.6. The van der Waals surface area contributed by atoms with Gasteiger partial charge >= 0.3 is 0 Å². The minimum Gasteiger partial charge on any atom is -0.352 e. The molecule has 0 saturated carbocycles. The van der Waals surface area contributed by atoms with Gasteiger partial charge in [-0.25, -0.2) is 4.39 Å². The van der Waals surface area contributed by atoms with E-state index in [9.17, 15) is 9.18 Å². The molecule has 2 atom stereocenters. The largest absolute Gasteiger partial charge is 0.352 e. The van der Waals surface area contributed by atoms with Gasteiger partial charge in [0.15, 0.2) is 5.11 Å². The highest BCUT2D eigenvalue weighted by atomic mass is 32.1. The number of pyridine rings is 1. The predicted molar refractivity (Wildman–Crippen MR) is 155 cm³/mol. The fourth-order valence-corrected chi connectivity index (χ4v) is 5.54. The molecule has 1 fully saturated rings.